The third-order valence-electron chi connectivity index (χ3n) is 2.54. The zero-order chi connectivity index (χ0) is 12.8. The molecule has 0 unspecified atom stereocenters. The summed E-state index contributed by atoms with van der Waals surface area (Å²) in [6.45, 7) is 8.04. The number of primary amides is 1. The van der Waals surface area contributed by atoms with Crippen molar-refractivity contribution in [2.24, 2.45) is 5.73 Å². The first-order chi connectivity index (χ1) is 8.08. The van der Waals surface area contributed by atoms with Crippen molar-refractivity contribution in [2.45, 2.75) is 33.6 Å². The maximum atomic E-state index is 11.2. The van der Waals surface area contributed by atoms with Crippen LogP contribution in [0.2, 0.25) is 0 Å². The van der Waals surface area contributed by atoms with Crippen molar-refractivity contribution in [3.05, 3.63) is 23.4 Å². The Morgan fingerprint density at radius 2 is 1.88 bits per heavy atom. The molecule has 1 rings (SSSR count). The molecule has 0 saturated carbocycles. The minimum atomic E-state index is -0.398. The van der Waals surface area contributed by atoms with Gasteiger partial charge >= 0.3 is 0 Å². The highest BCUT2D eigenvalue weighted by Crippen LogP contribution is 2.15. The molecule has 17 heavy (non-hydrogen) atoms. The highest BCUT2D eigenvalue weighted by Gasteiger charge is 2.10. The molecule has 2 N–H and O–H groups in total. The van der Waals surface area contributed by atoms with Crippen molar-refractivity contribution in [1.29, 1.82) is 0 Å². The largest absolute Gasteiger partial charge is 0.366 e. The van der Waals surface area contributed by atoms with Gasteiger partial charge in [0.05, 0.1) is 0 Å². The van der Waals surface area contributed by atoms with Crippen LogP contribution in [0.5, 0.6) is 0 Å². The number of amides is 1. The minimum absolute atomic E-state index is 0.398. The Morgan fingerprint density at radius 1 is 1.29 bits per heavy atom. The fourth-order valence-electron chi connectivity index (χ4n) is 1.84. The van der Waals surface area contributed by atoms with E-state index >= 15 is 0 Å². The summed E-state index contributed by atoms with van der Waals surface area (Å²) in [5.74, 6) is 0.451. The van der Waals surface area contributed by atoms with E-state index in [1.807, 2.05) is 6.92 Å². The molecule has 0 saturated heterocycles. The molecular weight excluding hydrogens is 214 g/mol. The van der Waals surface area contributed by atoms with Gasteiger partial charge in [0, 0.05) is 24.3 Å². The van der Waals surface area contributed by atoms with Crippen molar-refractivity contribution >= 4 is 11.7 Å². The van der Waals surface area contributed by atoms with Gasteiger partial charge in [0.15, 0.2) is 0 Å². The minimum Gasteiger partial charge on any atom is -0.366 e. The van der Waals surface area contributed by atoms with Crippen LogP contribution in [-0.4, -0.2) is 24.0 Å². The van der Waals surface area contributed by atoms with E-state index in [0.29, 0.717) is 5.56 Å². The zero-order valence-electron chi connectivity index (χ0n) is 10.9. The van der Waals surface area contributed by atoms with Crippen LogP contribution in [0.4, 0.5) is 5.82 Å². The van der Waals surface area contributed by atoms with Gasteiger partial charge in [0.25, 0.3) is 0 Å². The van der Waals surface area contributed by atoms with E-state index in [0.717, 1.165) is 37.4 Å². The molecule has 1 amide bonds. The summed E-state index contributed by atoms with van der Waals surface area (Å²) < 4.78 is 0. The number of pyridine rings is 1. The molecule has 4 heteroatoms. The zero-order valence-corrected chi connectivity index (χ0v) is 10.9. The van der Waals surface area contributed by atoms with Gasteiger partial charge in [-0.2, -0.15) is 0 Å². The van der Waals surface area contributed by atoms with E-state index < -0.39 is 5.91 Å². The monoisotopic (exact) mass is 235 g/mol. The molecule has 0 aromatic carbocycles. The third kappa shape index (κ3) is 3.73. The topological polar surface area (TPSA) is 59.2 Å². The SMILES string of the molecule is CCCN(CCC)c1cc(C(N)=O)cc(C)n1. The fraction of sp³-hybridized carbons (Fsp3) is 0.538. The van der Waals surface area contributed by atoms with E-state index in [2.05, 4.69) is 23.7 Å². The van der Waals surface area contributed by atoms with Crippen molar-refractivity contribution in [3.8, 4) is 0 Å². The molecular formula is C13H21N3O. The average Bonchev–Trinajstić information content (AvgIpc) is 2.28. The third-order valence-corrected chi connectivity index (χ3v) is 2.54. The molecule has 1 aromatic rings. The normalized spacial score (nSPS) is 10.3. The molecule has 1 heterocycles. The lowest BCUT2D eigenvalue weighted by molar-refractivity contribution is 0.1000. The second-order valence-electron chi connectivity index (χ2n) is 4.21. The second-order valence-corrected chi connectivity index (χ2v) is 4.21. The summed E-state index contributed by atoms with van der Waals surface area (Å²) >= 11 is 0. The standard InChI is InChI=1S/C13H21N3O/c1-4-6-16(7-5-2)12-9-11(13(14)17)8-10(3)15-12/h8-9H,4-7H2,1-3H3,(H2,14,17). The number of aryl methyl sites for hydroxylation is 1. The summed E-state index contributed by atoms with van der Waals surface area (Å²) in [6.07, 6.45) is 2.11. The van der Waals surface area contributed by atoms with E-state index in [4.69, 9.17) is 5.73 Å². The van der Waals surface area contributed by atoms with Gasteiger partial charge in [-0.15, -0.1) is 0 Å². The maximum absolute atomic E-state index is 11.2. The molecule has 0 aliphatic rings. The van der Waals surface area contributed by atoms with Crippen LogP contribution >= 0.6 is 0 Å². The molecule has 0 aliphatic heterocycles. The molecule has 0 radical (unpaired) electrons. The van der Waals surface area contributed by atoms with Gasteiger partial charge in [-0.1, -0.05) is 13.8 Å². The first kappa shape index (κ1) is 13.5. The molecule has 1 aromatic heterocycles. The van der Waals surface area contributed by atoms with Crippen LogP contribution in [0.25, 0.3) is 0 Å². The quantitative estimate of drug-likeness (QED) is 0.821. The van der Waals surface area contributed by atoms with Crippen LogP contribution in [0.1, 0.15) is 42.7 Å². The Morgan fingerprint density at radius 3 is 2.35 bits per heavy atom. The summed E-state index contributed by atoms with van der Waals surface area (Å²) in [7, 11) is 0. The highest BCUT2D eigenvalue weighted by atomic mass is 16.1. The number of aromatic nitrogens is 1. The number of nitrogens with zero attached hydrogens (tertiary/aromatic N) is 2. The lowest BCUT2D eigenvalue weighted by atomic mass is 10.2. The number of nitrogens with two attached hydrogens (primary N) is 1. The molecule has 0 fully saturated rings. The molecule has 0 aliphatic carbocycles. The van der Waals surface area contributed by atoms with Crippen LogP contribution in [0.3, 0.4) is 0 Å². The van der Waals surface area contributed by atoms with E-state index in [1.165, 1.54) is 0 Å². The van der Waals surface area contributed by atoms with Gasteiger partial charge in [-0.05, 0) is 31.9 Å². The first-order valence-corrected chi connectivity index (χ1v) is 6.11. The number of rotatable bonds is 6. The Bertz CT molecular complexity index is 384. The van der Waals surface area contributed by atoms with Crippen molar-refractivity contribution in [1.82, 2.24) is 4.98 Å². The Labute approximate surface area is 103 Å². The molecule has 4 nitrogen and oxygen atoms in total. The van der Waals surface area contributed by atoms with Crippen molar-refractivity contribution in [3.63, 3.8) is 0 Å². The molecule has 0 spiro atoms. The Hall–Kier alpha value is -1.58. The molecule has 94 valence electrons. The van der Waals surface area contributed by atoms with Crippen molar-refractivity contribution < 1.29 is 4.79 Å². The van der Waals surface area contributed by atoms with E-state index in [1.54, 1.807) is 12.1 Å². The molecule has 0 atom stereocenters. The lowest BCUT2D eigenvalue weighted by Crippen LogP contribution is -2.26. The van der Waals surface area contributed by atoms with Gasteiger partial charge in [0.2, 0.25) is 5.91 Å². The second kappa shape index (κ2) is 6.23. The average molecular weight is 235 g/mol. The Kier molecular flexibility index (Phi) is 4.94. The van der Waals surface area contributed by atoms with E-state index in [-0.39, 0.29) is 0 Å². The number of carbonyl (C=O) groups excluding carboxylic acids is 1. The van der Waals surface area contributed by atoms with Crippen molar-refractivity contribution in [2.75, 3.05) is 18.0 Å². The van der Waals surface area contributed by atoms with Crippen LogP contribution in [0, 0.1) is 6.92 Å². The van der Waals surface area contributed by atoms with Crippen LogP contribution in [-0.2, 0) is 0 Å². The number of hydrogen-bond donors (Lipinski definition) is 1. The fourth-order valence-corrected chi connectivity index (χ4v) is 1.84. The summed E-state index contributed by atoms with van der Waals surface area (Å²) in [4.78, 5) is 17.9. The van der Waals surface area contributed by atoms with Crippen LogP contribution < -0.4 is 10.6 Å². The smallest absolute Gasteiger partial charge is 0.248 e. The summed E-state index contributed by atoms with van der Waals surface area (Å²) in [6, 6.07) is 3.50. The highest BCUT2D eigenvalue weighted by molar-refractivity contribution is 5.93. The Balaban J connectivity index is 3.04. The molecule has 0 bridgehead atoms. The number of anilines is 1. The van der Waals surface area contributed by atoms with Gasteiger partial charge < -0.3 is 10.6 Å². The predicted molar refractivity (Wildman–Crippen MR) is 70.3 cm³/mol. The van der Waals surface area contributed by atoms with E-state index in [9.17, 15) is 4.79 Å². The number of hydrogen-bond acceptors (Lipinski definition) is 3. The number of carbonyl (C=O) groups is 1. The summed E-state index contributed by atoms with van der Waals surface area (Å²) in [5, 5.41) is 0. The van der Waals surface area contributed by atoms with Crippen LogP contribution in [0.15, 0.2) is 12.1 Å². The predicted octanol–water partition coefficient (Wildman–Crippen LogP) is 2.12. The van der Waals surface area contributed by atoms with Gasteiger partial charge in [-0.3, -0.25) is 4.79 Å². The van der Waals surface area contributed by atoms with Gasteiger partial charge in [0.1, 0.15) is 5.82 Å². The summed E-state index contributed by atoms with van der Waals surface area (Å²) in [5.41, 5.74) is 6.67. The first-order valence-electron chi connectivity index (χ1n) is 6.11. The lowest BCUT2D eigenvalue weighted by Gasteiger charge is -2.23. The maximum Gasteiger partial charge on any atom is 0.248 e. The van der Waals surface area contributed by atoms with Gasteiger partial charge in [-0.25, -0.2) is 4.98 Å².